The lowest BCUT2D eigenvalue weighted by Gasteiger charge is -2.17. The van der Waals surface area contributed by atoms with E-state index >= 15 is 0 Å². The highest BCUT2D eigenvalue weighted by Gasteiger charge is 2.41. The molecular formula is C17H16F3NO4. The van der Waals surface area contributed by atoms with Crippen molar-refractivity contribution in [2.75, 3.05) is 13.2 Å². The summed E-state index contributed by atoms with van der Waals surface area (Å²) >= 11 is 0. The average Bonchev–Trinajstić information content (AvgIpc) is 2.53. The molecule has 5 nitrogen and oxygen atoms in total. The van der Waals surface area contributed by atoms with Gasteiger partial charge in [-0.3, -0.25) is 0 Å². The summed E-state index contributed by atoms with van der Waals surface area (Å²) in [6, 6.07) is 4.54. The van der Waals surface area contributed by atoms with E-state index in [0.29, 0.717) is 5.56 Å². The second-order valence-corrected chi connectivity index (χ2v) is 5.12. The smallest absolute Gasteiger partial charge is 0.434 e. The van der Waals surface area contributed by atoms with Gasteiger partial charge < -0.3 is 9.47 Å². The van der Waals surface area contributed by atoms with Gasteiger partial charge in [0.25, 0.3) is 0 Å². The minimum Gasteiger partial charge on any atom is -0.462 e. The molecule has 134 valence electrons. The van der Waals surface area contributed by atoms with Crippen molar-refractivity contribution in [1.82, 2.24) is 4.98 Å². The van der Waals surface area contributed by atoms with Crippen LogP contribution in [0.15, 0.2) is 18.2 Å². The third-order valence-corrected chi connectivity index (χ3v) is 3.45. The Morgan fingerprint density at radius 1 is 1.04 bits per heavy atom. The van der Waals surface area contributed by atoms with E-state index in [2.05, 4.69) is 4.98 Å². The molecule has 8 heteroatoms. The number of esters is 2. The predicted molar refractivity (Wildman–Crippen MR) is 83.4 cm³/mol. The molecule has 0 atom stereocenters. The number of halogens is 3. The molecule has 0 radical (unpaired) electrons. The summed E-state index contributed by atoms with van der Waals surface area (Å²) in [5, 5.41) is 0.106. The molecule has 0 aliphatic carbocycles. The molecule has 1 heterocycles. The van der Waals surface area contributed by atoms with Crippen LogP contribution in [0.4, 0.5) is 13.2 Å². The van der Waals surface area contributed by atoms with E-state index in [1.54, 1.807) is 19.1 Å². The first-order valence-electron chi connectivity index (χ1n) is 7.57. The molecule has 0 saturated heterocycles. The summed E-state index contributed by atoms with van der Waals surface area (Å²) in [7, 11) is 0. The topological polar surface area (TPSA) is 65.5 Å². The first kappa shape index (κ1) is 18.7. The predicted octanol–water partition coefficient (Wildman–Crippen LogP) is 3.92. The number of benzene rings is 1. The maximum Gasteiger partial charge on any atom is 0.434 e. The number of alkyl halides is 3. The average molecular weight is 355 g/mol. The molecule has 0 bridgehead atoms. The first-order chi connectivity index (χ1) is 11.7. The number of carbonyl (C=O) groups excluding carboxylic acids is 2. The molecule has 0 fully saturated rings. The van der Waals surface area contributed by atoms with Gasteiger partial charge in [-0.25, -0.2) is 14.6 Å². The molecule has 0 amide bonds. The standard InChI is InChI=1S/C17H16F3NO4/c1-4-24-15(22)11-10-8-6-7-9(3)13(10)21-14(17(18,19)20)12(11)16(23)25-5-2/h6-8H,4-5H2,1-3H3. The lowest BCUT2D eigenvalue weighted by molar-refractivity contribution is -0.141. The van der Waals surface area contributed by atoms with Crippen molar-refractivity contribution in [2.45, 2.75) is 26.9 Å². The van der Waals surface area contributed by atoms with Gasteiger partial charge in [0.2, 0.25) is 0 Å². The van der Waals surface area contributed by atoms with Crippen LogP contribution in [0.1, 0.15) is 45.8 Å². The Morgan fingerprint density at radius 3 is 2.12 bits per heavy atom. The van der Waals surface area contributed by atoms with Crippen LogP contribution in [0.25, 0.3) is 10.9 Å². The molecule has 25 heavy (non-hydrogen) atoms. The molecule has 0 unspecified atom stereocenters. The number of pyridine rings is 1. The Labute approximate surface area is 141 Å². The quantitative estimate of drug-likeness (QED) is 0.778. The second-order valence-electron chi connectivity index (χ2n) is 5.12. The monoisotopic (exact) mass is 355 g/mol. The van der Waals surface area contributed by atoms with E-state index in [9.17, 15) is 22.8 Å². The number of aromatic nitrogens is 1. The van der Waals surface area contributed by atoms with Crippen LogP contribution in [0.2, 0.25) is 0 Å². The van der Waals surface area contributed by atoms with Gasteiger partial charge in [0.05, 0.1) is 24.3 Å². The van der Waals surface area contributed by atoms with Crippen LogP contribution in [-0.4, -0.2) is 30.1 Å². The van der Waals surface area contributed by atoms with E-state index in [1.165, 1.54) is 19.9 Å². The van der Waals surface area contributed by atoms with Crippen molar-refractivity contribution >= 4 is 22.8 Å². The summed E-state index contributed by atoms with van der Waals surface area (Å²) in [6.07, 6.45) is -4.94. The Balaban J connectivity index is 2.98. The van der Waals surface area contributed by atoms with Crippen LogP contribution in [0.3, 0.4) is 0 Å². The summed E-state index contributed by atoms with van der Waals surface area (Å²) < 4.78 is 50.1. The van der Waals surface area contributed by atoms with Gasteiger partial charge in [-0.05, 0) is 26.3 Å². The SMILES string of the molecule is CCOC(=O)c1c(C(F)(F)F)nc2c(C)cccc2c1C(=O)OCC. The molecular weight excluding hydrogens is 339 g/mol. The molecule has 0 aliphatic rings. The van der Waals surface area contributed by atoms with E-state index in [0.717, 1.165) is 0 Å². The van der Waals surface area contributed by atoms with Crippen molar-refractivity contribution in [1.29, 1.82) is 0 Å². The van der Waals surface area contributed by atoms with Crippen molar-refractivity contribution in [2.24, 2.45) is 0 Å². The van der Waals surface area contributed by atoms with Gasteiger partial charge >= 0.3 is 18.1 Å². The zero-order chi connectivity index (χ0) is 18.8. The molecule has 0 saturated carbocycles. The fourth-order valence-corrected chi connectivity index (χ4v) is 2.45. The highest BCUT2D eigenvalue weighted by atomic mass is 19.4. The van der Waals surface area contributed by atoms with E-state index < -0.39 is 34.9 Å². The molecule has 0 aliphatic heterocycles. The van der Waals surface area contributed by atoms with Crippen molar-refractivity contribution < 1.29 is 32.2 Å². The van der Waals surface area contributed by atoms with E-state index in [1.807, 2.05) is 0 Å². The molecule has 1 aromatic heterocycles. The number of hydrogen-bond donors (Lipinski definition) is 0. The Morgan fingerprint density at radius 2 is 1.60 bits per heavy atom. The van der Waals surface area contributed by atoms with Gasteiger partial charge in [-0.1, -0.05) is 18.2 Å². The third-order valence-electron chi connectivity index (χ3n) is 3.45. The number of carbonyl (C=O) groups is 2. The minimum absolute atomic E-state index is 0.0223. The fraction of sp³-hybridized carbons (Fsp3) is 0.353. The van der Waals surface area contributed by atoms with Crippen LogP contribution in [-0.2, 0) is 15.7 Å². The molecule has 2 rings (SSSR count). The molecule has 0 spiro atoms. The van der Waals surface area contributed by atoms with Crippen LogP contribution < -0.4 is 0 Å². The van der Waals surface area contributed by atoms with Crippen molar-refractivity contribution in [3.63, 3.8) is 0 Å². The van der Waals surface area contributed by atoms with Gasteiger partial charge in [0.15, 0.2) is 5.69 Å². The third kappa shape index (κ3) is 3.57. The number of fused-ring (bicyclic) bond motifs is 1. The minimum atomic E-state index is -4.94. The summed E-state index contributed by atoms with van der Waals surface area (Å²) in [5.41, 5.74) is -2.46. The molecule has 1 aromatic carbocycles. The first-order valence-corrected chi connectivity index (χ1v) is 7.57. The van der Waals surface area contributed by atoms with Crippen molar-refractivity contribution in [3.8, 4) is 0 Å². The number of aryl methyl sites for hydroxylation is 1. The number of hydrogen-bond acceptors (Lipinski definition) is 5. The van der Waals surface area contributed by atoms with Gasteiger partial charge in [-0.2, -0.15) is 13.2 Å². The van der Waals surface area contributed by atoms with Crippen molar-refractivity contribution in [3.05, 3.63) is 40.6 Å². The van der Waals surface area contributed by atoms with Crippen LogP contribution in [0.5, 0.6) is 0 Å². The second kappa shape index (κ2) is 7.08. The number of ether oxygens (including phenoxy) is 2. The molecule has 2 aromatic rings. The fourth-order valence-electron chi connectivity index (χ4n) is 2.45. The normalized spacial score (nSPS) is 11.4. The van der Waals surface area contributed by atoms with Gasteiger partial charge in [0, 0.05) is 5.39 Å². The van der Waals surface area contributed by atoms with Gasteiger partial charge in [0.1, 0.15) is 5.56 Å². The largest absolute Gasteiger partial charge is 0.462 e. The lowest BCUT2D eigenvalue weighted by atomic mass is 9.98. The Hall–Kier alpha value is -2.64. The highest BCUT2D eigenvalue weighted by Crippen LogP contribution is 2.36. The number of rotatable bonds is 4. The van der Waals surface area contributed by atoms with Crippen LogP contribution in [0, 0.1) is 6.92 Å². The van der Waals surface area contributed by atoms with E-state index in [-0.39, 0.29) is 24.1 Å². The maximum atomic E-state index is 13.5. The van der Waals surface area contributed by atoms with Gasteiger partial charge in [-0.15, -0.1) is 0 Å². The Kier molecular flexibility index (Phi) is 5.30. The lowest BCUT2D eigenvalue weighted by Crippen LogP contribution is -2.23. The maximum absolute atomic E-state index is 13.5. The Bertz CT molecular complexity index is 831. The zero-order valence-corrected chi connectivity index (χ0v) is 13.9. The summed E-state index contributed by atoms with van der Waals surface area (Å²) in [6.45, 7) is 4.33. The van der Waals surface area contributed by atoms with Crippen LogP contribution >= 0.6 is 0 Å². The molecule has 0 N–H and O–H groups in total. The number of para-hydroxylation sites is 1. The number of nitrogens with zero attached hydrogens (tertiary/aromatic N) is 1. The van der Waals surface area contributed by atoms with E-state index in [4.69, 9.17) is 9.47 Å². The summed E-state index contributed by atoms with van der Waals surface area (Å²) in [5.74, 6) is -2.30. The highest BCUT2D eigenvalue weighted by molar-refractivity contribution is 6.13. The summed E-state index contributed by atoms with van der Waals surface area (Å²) in [4.78, 5) is 28.2. The zero-order valence-electron chi connectivity index (χ0n) is 13.9.